The minimum Gasteiger partial charge on any atom is -0.368 e. The number of nitrogens with zero attached hydrogens (tertiary/aromatic N) is 2. The Morgan fingerprint density at radius 2 is 2.30 bits per heavy atom. The van der Waals surface area contributed by atoms with Crippen LogP contribution in [0, 0.1) is 0 Å². The number of ether oxygens (including phenoxy) is 1. The molecule has 0 aromatic carbocycles. The SMILES string of the molecule is C=CCCOC(C)C(=O)Nc1nnc(CCCCC)s1. The van der Waals surface area contributed by atoms with Crippen LogP contribution in [0.1, 0.15) is 44.5 Å². The van der Waals surface area contributed by atoms with Gasteiger partial charge in [0, 0.05) is 6.42 Å². The fraction of sp³-hybridized carbons (Fsp3) is 0.643. The summed E-state index contributed by atoms with van der Waals surface area (Å²) in [4.78, 5) is 11.9. The molecule has 1 rings (SSSR count). The maximum Gasteiger partial charge on any atom is 0.255 e. The highest BCUT2D eigenvalue weighted by atomic mass is 32.1. The van der Waals surface area contributed by atoms with Crippen LogP contribution in [0.15, 0.2) is 12.7 Å². The van der Waals surface area contributed by atoms with Crippen molar-refractivity contribution < 1.29 is 9.53 Å². The van der Waals surface area contributed by atoms with E-state index in [0.717, 1.165) is 24.3 Å². The minimum absolute atomic E-state index is 0.190. The molecule has 0 fully saturated rings. The van der Waals surface area contributed by atoms with Crippen LogP contribution in [0.2, 0.25) is 0 Å². The van der Waals surface area contributed by atoms with E-state index in [-0.39, 0.29) is 5.91 Å². The number of rotatable bonds is 10. The highest BCUT2D eigenvalue weighted by Gasteiger charge is 2.15. The van der Waals surface area contributed by atoms with Crippen LogP contribution in [-0.4, -0.2) is 28.8 Å². The molecule has 1 N–H and O–H groups in total. The predicted molar refractivity (Wildman–Crippen MR) is 82.0 cm³/mol. The molecule has 1 amide bonds. The molecule has 0 radical (unpaired) electrons. The number of hydrogen-bond acceptors (Lipinski definition) is 5. The second kappa shape index (κ2) is 9.61. The first-order valence-electron chi connectivity index (χ1n) is 7.03. The third kappa shape index (κ3) is 6.25. The molecule has 6 heteroatoms. The molecule has 1 aromatic rings. The molecule has 0 bridgehead atoms. The number of aryl methyl sites for hydroxylation is 1. The van der Waals surface area contributed by atoms with Crippen molar-refractivity contribution in [2.45, 2.75) is 52.1 Å². The van der Waals surface area contributed by atoms with Crippen LogP contribution in [0.4, 0.5) is 5.13 Å². The van der Waals surface area contributed by atoms with Gasteiger partial charge in [-0.15, -0.1) is 16.8 Å². The Kier molecular flexibility index (Phi) is 8.06. The van der Waals surface area contributed by atoms with Gasteiger partial charge in [-0.05, 0) is 19.8 Å². The molecule has 112 valence electrons. The summed E-state index contributed by atoms with van der Waals surface area (Å²) in [6.45, 7) is 7.99. The quantitative estimate of drug-likeness (QED) is 0.532. The van der Waals surface area contributed by atoms with Gasteiger partial charge in [0.1, 0.15) is 11.1 Å². The highest BCUT2D eigenvalue weighted by molar-refractivity contribution is 7.15. The summed E-state index contributed by atoms with van der Waals surface area (Å²) < 4.78 is 5.38. The van der Waals surface area contributed by atoms with E-state index in [1.54, 1.807) is 13.0 Å². The summed E-state index contributed by atoms with van der Waals surface area (Å²) in [5.41, 5.74) is 0. The molecule has 0 aliphatic rings. The molecule has 1 atom stereocenters. The van der Waals surface area contributed by atoms with Gasteiger partial charge in [0.05, 0.1) is 6.61 Å². The molecular weight excluding hydrogens is 274 g/mol. The number of amides is 1. The van der Waals surface area contributed by atoms with Gasteiger partial charge >= 0.3 is 0 Å². The van der Waals surface area contributed by atoms with Crippen molar-refractivity contribution in [3.63, 3.8) is 0 Å². The lowest BCUT2D eigenvalue weighted by Gasteiger charge is -2.10. The summed E-state index contributed by atoms with van der Waals surface area (Å²) in [7, 11) is 0. The lowest BCUT2D eigenvalue weighted by atomic mass is 10.2. The Labute approximate surface area is 124 Å². The Hall–Kier alpha value is -1.27. The number of unbranched alkanes of at least 4 members (excludes halogenated alkanes) is 2. The van der Waals surface area contributed by atoms with Crippen molar-refractivity contribution >= 4 is 22.4 Å². The number of nitrogens with one attached hydrogen (secondary N) is 1. The Morgan fingerprint density at radius 3 is 3.00 bits per heavy atom. The van der Waals surface area contributed by atoms with Crippen LogP contribution in [-0.2, 0) is 16.0 Å². The maximum absolute atomic E-state index is 11.9. The van der Waals surface area contributed by atoms with E-state index in [2.05, 4.69) is 29.0 Å². The lowest BCUT2D eigenvalue weighted by Crippen LogP contribution is -2.27. The van der Waals surface area contributed by atoms with Gasteiger partial charge in [-0.25, -0.2) is 0 Å². The molecule has 5 nitrogen and oxygen atoms in total. The number of carbonyl (C=O) groups excluding carboxylic acids is 1. The van der Waals surface area contributed by atoms with Crippen LogP contribution >= 0.6 is 11.3 Å². The van der Waals surface area contributed by atoms with Crippen LogP contribution < -0.4 is 5.32 Å². The van der Waals surface area contributed by atoms with Crippen molar-refractivity contribution in [2.24, 2.45) is 0 Å². The second-order valence-corrected chi connectivity index (χ2v) is 5.60. The van der Waals surface area contributed by atoms with Crippen molar-refractivity contribution in [3.05, 3.63) is 17.7 Å². The van der Waals surface area contributed by atoms with Crippen molar-refractivity contribution in [1.29, 1.82) is 0 Å². The summed E-state index contributed by atoms with van der Waals surface area (Å²) in [6, 6.07) is 0. The van der Waals surface area contributed by atoms with Gasteiger partial charge in [-0.1, -0.05) is 37.2 Å². The predicted octanol–water partition coefficient (Wildman–Crippen LogP) is 3.19. The normalized spacial score (nSPS) is 12.1. The largest absolute Gasteiger partial charge is 0.368 e. The molecule has 1 unspecified atom stereocenters. The molecular formula is C14H23N3O2S. The summed E-state index contributed by atoms with van der Waals surface area (Å²) in [6.07, 6.45) is 6.41. The molecule has 0 aliphatic heterocycles. The molecule has 0 saturated heterocycles. The standard InChI is InChI=1S/C14H23N3O2S/c1-4-6-8-9-12-16-17-14(20-12)15-13(18)11(3)19-10-7-5-2/h5,11H,2,4,6-10H2,1,3H3,(H,15,17,18). The van der Waals surface area contributed by atoms with E-state index in [1.165, 1.54) is 24.2 Å². The summed E-state index contributed by atoms with van der Waals surface area (Å²) in [5.74, 6) is -0.190. The highest BCUT2D eigenvalue weighted by Crippen LogP contribution is 2.17. The molecule has 0 spiro atoms. The van der Waals surface area contributed by atoms with Crippen LogP contribution in [0.3, 0.4) is 0 Å². The van der Waals surface area contributed by atoms with Crippen LogP contribution in [0.25, 0.3) is 0 Å². The van der Waals surface area contributed by atoms with E-state index < -0.39 is 6.10 Å². The number of anilines is 1. The van der Waals surface area contributed by atoms with Gasteiger partial charge in [0.25, 0.3) is 5.91 Å². The number of carbonyl (C=O) groups is 1. The van der Waals surface area contributed by atoms with Gasteiger partial charge in [-0.2, -0.15) is 0 Å². The zero-order valence-electron chi connectivity index (χ0n) is 12.2. The van der Waals surface area contributed by atoms with E-state index in [0.29, 0.717) is 11.7 Å². The van der Waals surface area contributed by atoms with E-state index in [4.69, 9.17) is 4.74 Å². The van der Waals surface area contributed by atoms with Gasteiger partial charge in [0.2, 0.25) is 5.13 Å². The first-order chi connectivity index (χ1) is 9.67. The number of hydrogen-bond donors (Lipinski definition) is 1. The van der Waals surface area contributed by atoms with Crippen molar-refractivity contribution in [2.75, 3.05) is 11.9 Å². The van der Waals surface area contributed by atoms with E-state index in [9.17, 15) is 4.79 Å². The second-order valence-electron chi connectivity index (χ2n) is 4.54. The Morgan fingerprint density at radius 1 is 1.50 bits per heavy atom. The molecule has 1 heterocycles. The smallest absolute Gasteiger partial charge is 0.255 e. The fourth-order valence-electron chi connectivity index (χ4n) is 1.54. The van der Waals surface area contributed by atoms with Crippen LogP contribution in [0.5, 0.6) is 0 Å². The molecule has 20 heavy (non-hydrogen) atoms. The van der Waals surface area contributed by atoms with E-state index >= 15 is 0 Å². The van der Waals surface area contributed by atoms with Crippen molar-refractivity contribution in [3.8, 4) is 0 Å². The number of aromatic nitrogens is 2. The fourth-order valence-corrected chi connectivity index (χ4v) is 2.33. The summed E-state index contributed by atoms with van der Waals surface area (Å²) >= 11 is 1.43. The summed E-state index contributed by atoms with van der Waals surface area (Å²) in [5, 5.41) is 12.3. The van der Waals surface area contributed by atoms with Gasteiger partial charge < -0.3 is 4.74 Å². The zero-order chi connectivity index (χ0) is 14.8. The topological polar surface area (TPSA) is 64.1 Å². The first-order valence-corrected chi connectivity index (χ1v) is 7.84. The van der Waals surface area contributed by atoms with Crippen molar-refractivity contribution in [1.82, 2.24) is 10.2 Å². The van der Waals surface area contributed by atoms with E-state index in [1.807, 2.05) is 0 Å². The molecule has 0 aliphatic carbocycles. The molecule has 0 saturated carbocycles. The molecule has 1 aromatic heterocycles. The average Bonchev–Trinajstić information content (AvgIpc) is 2.86. The third-order valence-electron chi connectivity index (χ3n) is 2.75. The minimum atomic E-state index is -0.498. The Bertz CT molecular complexity index is 420. The monoisotopic (exact) mass is 297 g/mol. The maximum atomic E-state index is 11.9. The third-order valence-corrected chi connectivity index (χ3v) is 3.65. The lowest BCUT2D eigenvalue weighted by molar-refractivity contribution is -0.126. The van der Waals surface area contributed by atoms with Gasteiger partial charge in [0.15, 0.2) is 0 Å². The first kappa shape index (κ1) is 16.8. The Balaban J connectivity index is 2.35. The zero-order valence-corrected chi connectivity index (χ0v) is 13.0. The average molecular weight is 297 g/mol. The van der Waals surface area contributed by atoms with Gasteiger partial charge in [-0.3, -0.25) is 10.1 Å².